The molecule has 6 amide bonds. The second-order valence-electron chi connectivity index (χ2n) is 30.7. The number of aromatic amines is 3. The SMILES string of the molecule is CC1=C(C(=O)Cc2ccc3[nH]ccc3c2)C(c2ccc(F)c(C(=O)N(C)CC3CCCCO3)c2)NC(=O)C1.CC1=C(C(=O)Cc2ccc3[nH]ccc3c2)C(c2ccc(F)c(C(=O)NCC(C)N3CCCCCC3)c2)NC(=O)C1.CCC(C)N(C)C(=O)c1cc(C2NC(=O)CC(C)=C2C(=O)Cc2ccc3[nH]ccc3c2)ccc1F. The van der Waals surface area contributed by atoms with Crippen LogP contribution in [0, 0.1) is 17.5 Å². The first-order valence-electron chi connectivity index (χ1n) is 39.1. The molecule has 5 aliphatic heterocycles. The van der Waals surface area contributed by atoms with E-state index >= 15 is 0 Å². The van der Waals surface area contributed by atoms with Crippen molar-refractivity contribution in [3.63, 3.8) is 0 Å². The average Bonchev–Trinajstić information content (AvgIpc) is 1.78. The fourth-order valence-corrected chi connectivity index (χ4v) is 15.9. The predicted molar refractivity (Wildman–Crippen MR) is 429 cm³/mol. The third-order valence-corrected chi connectivity index (χ3v) is 22.5. The van der Waals surface area contributed by atoms with E-state index in [9.17, 15) is 56.3 Å². The van der Waals surface area contributed by atoms with Crippen molar-refractivity contribution in [3.05, 3.63) is 247 Å². The number of halogens is 3. The number of likely N-dealkylation sites (N-methyl/N-ethyl adjacent to an activating group) is 1. The summed E-state index contributed by atoms with van der Waals surface area (Å²) in [6.45, 7) is 14.7. The Morgan fingerprint density at radius 1 is 0.504 bits per heavy atom. The molecule has 8 heterocycles. The number of nitrogens with one attached hydrogen (secondary N) is 7. The van der Waals surface area contributed by atoms with Gasteiger partial charge in [-0.3, -0.25) is 48.1 Å². The van der Waals surface area contributed by atoms with E-state index in [4.69, 9.17) is 4.74 Å². The monoisotopic (exact) mass is 1540 g/mol. The van der Waals surface area contributed by atoms with Gasteiger partial charge in [0, 0.05) is 136 Å². The van der Waals surface area contributed by atoms with Crippen LogP contribution in [-0.2, 0) is 52.8 Å². The first-order valence-corrected chi connectivity index (χ1v) is 39.1. The normalized spacial score (nSPS) is 18.7. The van der Waals surface area contributed by atoms with Crippen LogP contribution in [0.2, 0.25) is 0 Å². The number of benzene rings is 6. The maximum Gasteiger partial charge on any atom is 0.256 e. The van der Waals surface area contributed by atoms with Crippen molar-refractivity contribution < 1.29 is 61.1 Å². The van der Waals surface area contributed by atoms with Crippen molar-refractivity contribution in [2.24, 2.45) is 0 Å². The second kappa shape index (κ2) is 36.5. The number of carbonyl (C=O) groups excluding carboxylic acids is 9. The first kappa shape index (κ1) is 81.2. The number of aromatic nitrogens is 3. The Kier molecular flexibility index (Phi) is 26.2. The van der Waals surface area contributed by atoms with Gasteiger partial charge in [-0.2, -0.15) is 0 Å². The average molecular weight is 1540 g/mol. The number of hydrogen-bond donors (Lipinski definition) is 7. The minimum absolute atomic E-state index is 0.0587. The molecule has 20 nitrogen and oxygen atoms in total. The molecule has 2 saturated heterocycles. The zero-order chi connectivity index (χ0) is 80.3. The summed E-state index contributed by atoms with van der Waals surface area (Å²) in [6, 6.07) is 33.8. The molecule has 6 aromatic carbocycles. The fourth-order valence-electron chi connectivity index (χ4n) is 15.9. The molecule has 0 saturated carbocycles. The molecule has 0 aliphatic carbocycles. The lowest BCUT2D eigenvalue weighted by Crippen LogP contribution is -2.42. The Morgan fingerprint density at radius 2 is 0.903 bits per heavy atom. The lowest BCUT2D eigenvalue weighted by atomic mass is 9.85. The maximum absolute atomic E-state index is 14.9. The Bertz CT molecular complexity index is 5230. The van der Waals surface area contributed by atoms with Crippen LogP contribution in [0.25, 0.3) is 32.7 Å². The molecule has 7 N–H and O–H groups in total. The van der Waals surface area contributed by atoms with Crippen LogP contribution in [0.4, 0.5) is 13.2 Å². The molecule has 23 heteroatoms. The Labute approximate surface area is 655 Å². The van der Waals surface area contributed by atoms with Crippen LogP contribution in [0.1, 0.15) is 195 Å². The summed E-state index contributed by atoms with van der Waals surface area (Å²) in [5, 5.41) is 14.6. The van der Waals surface area contributed by atoms with E-state index in [1.165, 1.54) is 77.2 Å². The highest BCUT2D eigenvalue weighted by Crippen LogP contribution is 2.37. The largest absolute Gasteiger partial charge is 0.376 e. The highest BCUT2D eigenvalue weighted by Gasteiger charge is 2.37. The van der Waals surface area contributed by atoms with Gasteiger partial charge in [0.25, 0.3) is 17.7 Å². The van der Waals surface area contributed by atoms with Crippen LogP contribution in [0.3, 0.4) is 0 Å². The molecule has 0 radical (unpaired) electrons. The standard InChI is InChI=1S/C32H37FN4O3.C30H32FN3O4.C28H30FN3O3/c1-20-15-29(39)36-31(30(20)28(38)17-22-7-10-27-23(16-22)11-12-34-27)24-8-9-26(33)25(18-24)32(40)35-19-21(2)37-13-5-3-4-6-14-37;1-18-13-27(36)33-29(28(18)26(35)15-19-6-9-25-20(14-19)10-11-32-25)21-7-8-24(31)23(16-21)30(37)34(2)17-22-5-3-4-12-38-22;1-5-17(3)32(4)28(35)21-15-20(7-8-22(21)29)27-26(16(2)12-25(34)31-27)24(33)14-18-6-9-23-19(13-18)10-11-30-23/h7-12,16,18,21,31,34H,3-6,13-15,17,19H2,1-2H3,(H,35,40)(H,36,39);6-11,14,16,22,29,32H,3-5,12-13,15,17H2,1-2H3,(H,33,36);6-11,13,15,17,27,30H,5,12,14H2,1-4H3,(H,31,34). The summed E-state index contributed by atoms with van der Waals surface area (Å²) in [4.78, 5) is 132. The number of carbonyl (C=O) groups is 9. The lowest BCUT2D eigenvalue weighted by molar-refractivity contribution is -0.123. The number of Topliss-reactive ketones (excluding diaryl/α,β-unsaturated/α-hetero) is 3. The lowest BCUT2D eigenvalue weighted by Gasteiger charge is -2.29. The van der Waals surface area contributed by atoms with Gasteiger partial charge in [0.2, 0.25) is 17.7 Å². The van der Waals surface area contributed by atoms with Crippen LogP contribution in [0.15, 0.2) is 179 Å². The number of amides is 6. The maximum atomic E-state index is 14.9. The topological polar surface area (TPSA) is 268 Å². The van der Waals surface area contributed by atoms with Gasteiger partial charge in [0.15, 0.2) is 17.3 Å². The highest BCUT2D eigenvalue weighted by atomic mass is 19.1. The fraction of sp³-hybridized carbons (Fsp3) is 0.367. The predicted octanol–water partition coefficient (Wildman–Crippen LogP) is 14.5. The highest BCUT2D eigenvalue weighted by molar-refractivity contribution is 6.05. The molecular weight excluding hydrogens is 1440 g/mol. The van der Waals surface area contributed by atoms with Gasteiger partial charge in [-0.25, -0.2) is 13.2 Å². The van der Waals surface area contributed by atoms with Gasteiger partial charge < -0.3 is 50.8 Å². The van der Waals surface area contributed by atoms with Crippen molar-refractivity contribution in [1.29, 1.82) is 0 Å². The summed E-state index contributed by atoms with van der Waals surface area (Å²) in [5.74, 6) is -4.32. The molecule has 9 aromatic rings. The summed E-state index contributed by atoms with van der Waals surface area (Å²) in [7, 11) is 3.28. The van der Waals surface area contributed by atoms with Crippen LogP contribution in [-0.4, -0.2) is 148 Å². The van der Waals surface area contributed by atoms with Gasteiger partial charge in [-0.15, -0.1) is 0 Å². The number of ether oxygens (including phenoxy) is 1. The zero-order valence-electron chi connectivity index (χ0n) is 65.3. The van der Waals surface area contributed by atoms with Crippen LogP contribution < -0.4 is 21.3 Å². The van der Waals surface area contributed by atoms with E-state index in [1.54, 1.807) is 34.9 Å². The Balaban J connectivity index is 0.000000157. The zero-order valence-corrected chi connectivity index (χ0v) is 65.3. The van der Waals surface area contributed by atoms with Crippen LogP contribution >= 0.6 is 0 Å². The molecule has 0 bridgehead atoms. The number of rotatable bonds is 22. The molecule has 3 aromatic heterocycles. The van der Waals surface area contributed by atoms with Gasteiger partial charge in [0.1, 0.15) is 17.5 Å². The molecule has 590 valence electrons. The summed E-state index contributed by atoms with van der Waals surface area (Å²) in [6.07, 6.45) is 14.8. The van der Waals surface area contributed by atoms with Crippen molar-refractivity contribution in [1.82, 2.24) is 50.9 Å². The number of ketones is 3. The summed E-state index contributed by atoms with van der Waals surface area (Å²) in [5.41, 5.74) is 10.3. The van der Waals surface area contributed by atoms with Gasteiger partial charge >= 0.3 is 0 Å². The van der Waals surface area contributed by atoms with Gasteiger partial charge in [-0.05, 0) is 227 Å². The molecular formula is C90H99F3N10O10. The quantitative estimate of drug-likeness (QED) is 0.0335. The van der Waals surface area contributed by atoms with E-state index in [-0.39, 0.29) is 108 Å². The summed E-state index contributed by atoms with van der Waals surface area (Å²) < 4.78 is 50.2. The van der Waals surface area contributed by atoms with E-state index in [0.29, 0.717) is 69.8 Å². The van der Waals surface area contributed by atoms with Crippen molar-refractivity contribution in [3.8, 4) is 0 Å². The molecule has 6 unspecified atom stereocenters. The third kappa shape index (κ3) is 19.4. The van der Waals surface area contributed by atoms with Crippen molar-refractivity contribution in [2.45, 2.75) is 168 Å². The molecule has 113 heavy (non-hydrogen) atoms. The van der Waals surface area contributed by atoms with Crippen molar-refractivity contribution >= 4 is 85.5 Å². The minimum atomic E-state index is -0.765. The van der Waals surface area contributed by atoms with E-state index in [1.807, 2.05) is 105 Å². The molecule has 6 atom stereocenters. The number of nitrogens with zero attached hydrogens (tertiary/aromatic N) is 3. The summed E-state index contributed by atoms with van der Waals surface area (Å²) >= 11 is 0. The molecule has 14 rings (SSSR count). The van der Waals surface area contributed by atoms with Gasteiger partial charge in [-0.1, -0.05) is 72.9 Å². The van der Waals surface area contributed by atoms with E-state index in [0.717, 1.165) is 101 Å². The molecule has 5 aliphatic rings. The number of H-pyrrole nitrogens is 3. The second-order valence-corrected chi connectivity index (χ2v) is 30.7. The van der Waals surface area contributed by atoms with E-state index < -0.39 is 53.3 Å². The smallest absolute Gasteiger partial charge is 0.256 e. The van der Waals surface area contributed by atoms with Gasteiger partial charge in [0.05, 0.1) is 40.9 Å². The molecule has 2 fully saturated rings. The first-order chi connectivity index (χ1) is 54.3. The number of fused-ring (bicyclic) bond motifs is 3. The number of hydrogen-bond acceptors (Lipinski definition) is 11. The minimum Gasteiger partial charge on any atom is -0.376 e. The Hall–Kier alpha value is -11.3. The third-order valence-electron chi connectivity index (χ3n) is 22.5. The van der Waals surface area contributed by atoms with Crippen LogP contribution in [0.5, 0.6) is 0 Å². The Morgan fingerprint density at radius 3 is 1.30 bits per heavy atom. The van der Waals surface area contributed by atoms with Crippen molar-refractivity contribution in [2.75, 3.05) is 46.9 Å². The van der Waals surface area contributed by atoms with E-state index in [2.05, 4.69) is 48.0 Å². The number of likely N-dealkylation sites (tertiary alicyclic amines) is 1. The molecule has 0 spiro atoms.